The van der Waals surface area contributed by atoms with Crippen LogP contribution in [-0.2, 0) is 9.47 Å². The van der Waals surface area contributed by atoms with E-state index < -0.39 is 35.7 Å². The van der Waals surface area contributed by atoms with Crippen molar-refractivity contribution >= 4 is 33.8 Å². The van der Waals surface area contributed by atoms with Crippen LogP contribution in [0, 0.1) is 17.1 Å². The summed E-state index contributed by atoms with van der Waals surface area (Å²) in [6.07, 6.45) is -0.836. The molecule has 2 unspecified atom stereocenters. The number of carbonyl (C=O) groups is 2. The molecule has 0 aliphatic rings. The first-order chi connectivity index (χ1) is 14.9. The fourth-order valence-corrected chi connectivity index (χ4v) is 3.34. The molecule has 1 aromatic carbocycles. The summed E-state index contributed by atoms with van der Waals surface area (Å²) in [7, 11) is 0. The molecule has 0 radical (unpaired) electrons. The van der Waals surface area contributed by atoms with E-state index in [1.807, 2.05) is 6.07 Å². The van der Waals surface area contributed by atoms with E-state index in [-0.39, 0.29) is 18.0 Å². The van der Waals surface area contributed by atoms with Crippen LogP contribution in [0.3, 0.4) is 0 Å². The van der Waals surface area contributed by atoms with Crippen LogP contribution in [0.25, 0.3) is 0 Å². The molecule has 2 aromatic rings. The molecular weight excluding hydrogens is 485 g/mol. The van der Waals surface area contributed by atoms with Crippen molar-refractivity contribution in [3.8, 4) is 6.07 Å². The molecule has 2 rings (SSSR count). The maximum atomic E-state index is 14.8. The van der Waals surface area contributed by atoms with Gasteiger partial charge in [-0.25, -0.2) is 19.0 Å². The summed E-state index contributed by atoms with van der Waals surface area (Å²) in [5, 5.41) is 14.7. The number of anilines is 1. The second kappa shape index (κ2) is 10.5. The minimum absolute atomic E-state index is 0.00555. The van der Waals surface area contributed by atoms with Gasteiger partial charge in [0.25, 0.3) is 0 Å². The Morgan fingerprint density at radius 1 is 1.34 bits per heavy atom. The average molecular weight is 510 g/mol. The van der Waals surface area contributed by atoms with Gasteiger partial charge in [-0.1, -0.05) is 6.92 Å². The highest BCUT2D eigenvalue weighted by atomic mass is 79.9. The number of aromatic nitrogens is 2. The van der Waals surface area contributed by atoms with Crippen LogP contribution in [0.2, 0.25) is 0 Å². The second-order valence-corrected chi connectivity index (χ2v) is 8.68. The standard InChI is InChI=1S/C21H25BrFN5O4/c1-6-31-19(29)25-13-7-8-15(23)14(9-13)12(2)18(27-20(30)32-21(3,4)5)28-11-16(22)26-17(28)10-24/h7-9,11-12,18H,6H2,1-5H3,(H,25,29)(H,27,30). The number of imidazole rings is 1. The number of rotatable bonds is 6. The molecule has 0 aliphatic carbocycles. The molecule has 1 heterocycles. The monoisotopic (exact) mass is 509 g/mol. The van der Waals surface area contributed by atoms with Crippen LogP contribution in [0.15, 0.2) is 29.0 Å². The molecule has 0 bridgehead atoms. The third kappa shape index (κ3) is 6.68. The Hall–Kier alpha value is -3.13. The highest BCUT2D eigenvalue weighted by Gasteiger charge is 2.29. The van der Waals surface area contributed by atoms with Gasteiger partial charge in [0.1, 0.15) is 28.3 Å². The number of halogens is 2. The first-order valence-electron chi connectivity index (χ1n) is 9.82. The predicted octanol–water partition coefficient (Wildman–Crippen LogP) is 5.05. The zero-order valence-corrected chi connectivity index (χ0v) is 20.0. The summed E-state index contributed by atoms with van der Waals surface area (Å²) < 4.78 is 26.8. The molecule has 32 heavy (non-hydrogen) atoms. The Labute approximate surface area is 194 Å². The second-order valence-electron chi connectivity index (χ2n) is 7.87. The van der Waals surface area contributed by atoms with Gasteiger partial charge in [0, 0.05) is 17.8 Å². The lowest BCUT2D eigenvalue weighted by Crippen LogP contribution is -2.39. The Morgan fingerprint density at radius 2 is 2.03 bits per heavy atom. The molecule has 0 saturated carbocycles. The number of nitrogens with one attached hydrogen (secondary N) is 2. The lowest BCUT2D eigenvalue weighted by molar-refractivity contribution is 0.0470. The predicted molar refractivity (Wildman–Crippen MR) is 119 cm³/mol. The van der Waals surface area contributed by atoms with E-state index in [1.165, 1.54) is 29.0 Å². The maximum Gasteiger partial charge on any atom is 0.411 e. The topological polar surface area (TPSA) is 118 Å². The summed E-state index contributed by atoms with van der Waals surface area (Å²) in [6, 6.07) is 5.99. The molecule has 2 atom stereocenters. The number of carbonyl (C=O) groups excluding carboxylic acids is 2. The molecule has 11 heteroatoms. The number of amides is 2. The van der Waals surface area contributed by atoms with E-state index >= 15 is 0 Å². The van der Waals surface area contributed by atoms with Crippen molar-refractivity contribution in [1.82, 2.24) is 14.9 Å². The fraction of sp³-hybridized carbons (Fsp3) is 0.429. The van der Waals surface area contributed by atoms with E-state index in [0.717, 1.165) is 0 Å². The number of hydrogen-bond donors (Lipinski definition) is 2. The number of nitriles is 1. The minimum Gasteiger partial charge on any atom is -0.450 e. The number of nitrogens with zero attached hydrogens (tertiary/aromatic N) is 3. The lowest BCUT2D eigenvalue weighted by Gasteiger charge is -2.29. The quantitative estimate of drug-likeness (QED) is 0.562. The molecular formula is C21H25BrFN5O4. The summed E-state index contributed by atoms with van der Waals surface area (Å²) >= 11 is 3.22. The van der Waals surface area contributed by atoms with Crippen molar-refractivity contribution in [3.63, 3.8) is 0 Å². The van der Waals surface area contributed by atoms with Crippen molar-refractivity contribution in [2.75, 3.05) is 11.9 Å². The van der Waals surface area contributed by atoms with Gasteiger partial charge < -0.3 is 14.8 Å². The van der Waals surface area contributed by atoms with Crippen LogP contribution in [0.4, 0.5) is 19.7 Å². The summed E-state index contributed by atoms with van der Waals surface area (Å²) in [6.45, 7) is 8.66. The smallest absolute Gasteiger partial charge is 0.411 e. The number of hydrogen-bond acceptors (Lipinski definition) is 6. The molecule has 1 aromatic heterocycles. The van der Waals surface area contributed by atoms with E-state index in [9.17, 15) is 19.2 Å². The molecule has 0 aliphatic heterocycles. The van der Waals surface area contributed by atoms with Crippen LogP contribution >= 0.6 is 15.9 Å². The zero-order chi connectivity index (χ0) is 24.1. The van der Waals surface area contributed by atoms with Gasteiger partial charge >= 0.3 is 12.2 Å². The molecule has 0 fully saturated rings. The van der Waals surface area contributed by atoms with Crippen molar-refractivity contribution < 1.29 is 23.5 Å². The van der Waals surface area contributed by atoms with E-state index in [4.69, 9.17) is 9.47 Å². The number of ether oxygens (including phenoxy) is 2. The van der Waals surface area contributed by atoms with Crippen molar-refractivity contribution in [3.05, 3.63) is 46.2 Å². The zero-order valence-electron chi connectivity index (χ0n) is 18.4. The van der Waals surface area contributed by atoms with Gasteiger partial charge in [-0.15, -0.1) is 0 Å². The van der Waals surface area contributed by atoms with Crippen molar-refractivity contribution in [2.24, 2.45) is 0 Å². The Balaban J connectivity index is 2.45. The van der Waals surface area contributed by atoms with E-state index in [0.29, 0.717) is 10.3 Å². The molecule has 2 N–H and O–H groups in total. The number of alkyl carbamates (subject to hydrolysis) is 1. The first-order valence-corrected chi connectivity index (χ1v) is 10.6. The Kier molecular flexibility index (Phi) is 8.21. The summed E-state index contributed by atoms with van der Waals surface area (Å²) in [4.78, 5) is 28.3. The molecule has 9 nitrogen and oxygen atoms in total. The SMILES string of the molecule is CCOC(=O)Nc1ccc(F)c(C(C)C(NC(=O)OC(C)(C)C)n2cc(Br)nc2C#N)c1. The third-order valence-electron chi connectivity index (χ3n) is 4.25. The highest BCUT2D eigenvalue weighted by molar-refractivity contribution is 9.10. The van der Waals surface area contributed by atoms with E-state index in [1.54, 1.807) is 34.6 Å². The van der Waals surface area contributed by atoms with Crippen molar-refractivity contribution in [1.29, 1.82) is 5.26 Å². The van der Waals surface area contributed by atoms with Crippen LogP contribution in [-0.4, -0.2) is 33.9 Å². The fourth-order valence-electron chi connectivity index (χ4n) is 2.95. The first kappa shape index (κ1) is 25.1. The highest BCUT2D eigenvalue weighted by Crippen LogP contribution is 2.32. The van der Waals surface area contributed by atoms with Gasteiger partial charge in [0.15, 0.2) is 0 Å². The Bertz CT molecular complexity index is 1030. The van der Waals surface area contributed by atoms with Crippen LogP contribution in [0.5, 0.6) is 0 Å². The normalized spacial score (nSPS) is 12.9. The van der Waals surface area contributed by atoms with Crippen LogP contribution in [0.1, 0.15) is 58.1 Å². The van der Waals surface area contributed by atoms with Gasteiger partial charge in [-0.2, -0.15) is 5.26 Å². The van der Waals surface area contributed by atoms with Gasteiger partial charge in [-0.05, 0) is 67.4 Å². The minimum atomic E-state index is -0.925. The maximum absolute atomic E-state index is 14.8. The molecule has 2 amide bonds. The molecule has 0 saturated heterocycles. The molecule has 0 spiro atoms. The number of benzene rings is 1. The summed E-state index contributed by atoms with van der Waals surface area (Å²) in [5.41, 5.74) is -0.260. The summed E-state index contributed by atoms with van der Waals surface area (Å²) in [5.74, 6) is -1.24. The van der Waals surface area contributed by atoms with Crippen LogP contribution < -0.4 is 10.6 Å². The van der Waals surface area contributed by atoms with Gasteiger partial charge in [0.05, 0.1) is 6.61 Å². The van der Waals surface area contributed by atoms with E-state index in [2.05, 4.69) is 31.5 Å². The van der Waals surface area contributed by atoms with Gasteiger partial charge in [0.2, 0.25) is 5.82 Å². The lowest BCUT2D eigenvalue weighted by atomic mass is 9.96. The van der Waals surface area contributed by atoms with Crippen molar-refractivity contribution in [2.45, 2.75) is 52.3 Å². The molecule has 172 valence electrons. The average Bonchev–Trinajstić information content (AvgIpc) is 3.06. The largest absolute Gasteiger partial charge is 0.450 e. The Morgan fingerprint density at radius 3 is 2.62 bits per heavy atom. The van der Waals surface area contributed by atoms with Gasteiger partial charge in [-0.3, -0.25) is 9.88 Å². The third-order valence-corrected chi connectivity index (χ3v) is 4.63.